The average Bonchev–Trinajstić information content (AvgIpc) is 2.25. The van der Waals surface area contributed by atoms with Crippen molar-refractivity contribution in [2.45, 2.75) is 24.8 Å². The number of nitrogens with zero attached hydrogens (tertiary/aromatic N) is 2. The van der Waals surface area contributed by atoms with E-state index in [2.05, 4.69) is 31.2 Å². The molecule has 6 heteroatoms. The van der Waals surface area contributed by atoms with Crippen LogP contribution in [-0.2, 0) is 0 Å². The predicted molar refractivity (Wildman–Crippen MR) is 65.5 cm³/mol. The Hall–Kier alpha value is -0.880. The van der Waals surface area contributed by atoms with Crippen molar-refractivity contribution in [1.82, 2.24) is 9.97 Å². The molecule has 0 saturated heterocycles. The van der Waals surface area contributed by atoms with E-state index in [1.807, 2.05) is 0 Å². The first-order valence-corrected chi connectivity index (χ1v) is 6.01. The van der Waals surface area contributed by atoms with Gasteiger partial charge in [0.15, 0.2) is 0 Å². The molecule has 0 bridgehead atoms. The van der Waals surface area contributed by atoms with Crippen LogP contribution in [0.2, 0.25) is 0 Å². The zero-order valence-corrected chi connectivity index (χ0v) is 10.7. The summed E-state index contributed by atoms with van der Waals surface area (Å²) >= 11 is 3.30. The van der Waals surface area contributed by atoms with Gasteiger partial charge in [0, 0.05) is 12.1 Å². The summed E-state index contributed by atoms with van der Waals surface area (Å²) in [7, 11) is 1.58. The Balaban J connectivity index is 1.98. The molecule has 1 saturated carbocycles. The van der Waals surface area contributed by atoms with Crippen LogP contribution in [0.5, 0.6) is 5.88 Å². The van der Waals surface area contributed by atoms with Crippen LogP contribution in [0.15, 0.2) is 10.7 Å². The Labute approximate surface area is 103 Å². The van der Waals surface area contributed by atoms with Crippen LogP contribution in [0.25, 0.3) is 0 Å². The summed E-state index contributed by atoms with van der Waals surface area (Å²) < 4.78 is 5.83. The Morgan fingerprint density at radius 2 is 2.38 bits per heavy atom. The van der Waals surface area contributed by atoms with Crippen molar-refractivity contribution in [2.24, 2.45) is 5.73 Å². The van der Waals surface area contributed by atoms with Gasteiger partial charge in [-0.15, -0.1) is 0 Å². The Kier molecular flexibility index (Phi) is 3.30. The normalized spacial score (nSPS) is 17.7. The van der Waals surface area contributed by atoms with Crippen molar-refractivity contribution in [2.75, 3.05) is 19.0 Å². The van der Waals surface area contributed by atoms with E-state index in [1.54, 1.807) is 13.3 Å². The van der Waals surface area contributed by atoms with Crippen molar-refractivity contribution in [3.8, 4) is 5.88 Å². The van der Waals surface area contributed by atoms with E-state index >= 15 is 0 Å². The van der Waals surface area contributed by atoms with Gasteiger partial charge in [-0.3, -0.25) is 0 Å². The molecule has 0 aliphatic heterocycles. The number of halogens is 1. The standard InChI is InChI=1S/C10H15BrN4O/c1-16-8-7(11)5-13-9(15-8)14-6-10(12)3-2-4-10/h5H,2-4,6,12H2,1H3,(H,13,14,15). The number of hydrogen-bond donors (Lipinski definition) is 2. The van der Waals surface area contributed by atoms with Gasteiger partial charge in [0.1, 0.15) is 0 Å². The lowest BCUT2D eigenvalue weighted by Gasteiger charge is -2.38. The number of methoxy groups -OCH3 is 1. The first kappa shape index (κ1) is 11.6. The van der Waals surface area contributed by atoms with Gasteiger partial charge in [0.25, 0.3) is 0 Å². The third-order valence-corrected chi connectivity index (χ3v) is 3.40. The van der Waals surface area contributed by atoms with E-state index < -0.39 is 0 Å². The Morgan fingerprint density at radius 1 is 1.62 bits per heavy atom. The van der Waals surface area contributed by atoms with Crippen LogP contribution in [0.1, 0.15) is 19.3 Å². The first-order valence-electron chi connectivity index (χ1n) is 5.22. The molecule has 2 rings (SSSR count). The van der Waals surface area contributed by atoms with Crippen LogP contribution in [0.4, 0.5) is 5.95 Å². The molecule has 0 radical (unpaired) electrons. The molecule has 5 nitrogen and oxygen atoms in total. The summed E-state index contributed by atoms with van der Waals surface area (Å²) in [4.78, 5) is 8.35. The number of nitrogens with one attached hydrogen (secondary N) is 1. The zero-order valence-electron chi connectivity index (χ0n) is 9.16. The number of aromatic nitrogens is 2. The van der Waals surface area contributed by atoms with Gasteiger partial charge in [-0.05, 0) is 35.2 Å². The monoisotopic (exact) mass is 286 g/mol. The zero-order chi connectivity index (χ0) is 11.6. The predicted octanol–water partition coefficient (Wildman–Crippen LogP) is 1.54. The van der Waals surface area contributed by atoms with Crippen molar-refractivity contribution in [3.05, 3.63) is 10.7 Å². The summed E-state index contributed by atoms with van der Waals surface area (Å²) in [5.41, 5.74) is 6.01. The van der Waals surface area contributed by atoms with E-state index in [9.17, 15) is 0 Å². The van der Waals surface area contributed by atoms with Gasteiger partial charge < -0.3 is 15.8 Å². The fourth-order valence-electron chi connectivity index (χ4n) is 1.64. The van der Waals surface area contributed by atoms with E-state index in [-0.39, 0.29) is 5.54 Å². The highest BCUT2D eigenvalue weighted by Gasteiger charge is 2.32. The van der Waals surface area contributed by atoms with Crippen LogP contribution < -0.4 is 15.8 Å². The molecular formula is C10H15BrN4O. The maximum atomic E-state index is 6.09. The van der Waals surface area contributed by atoms with Crippen molar-refractivity contribution < 1.29 is 4.74 Å². The fourth-order valence-corrected chi connectivity index (χ4v) is 2.00. The smallest absolute Gasteiger partial charge is 0.232 e. The fraction of sp³-hybridized carbons (Fsp3) is 0.600. The second-order valence-corrected chi connectivity index (χ2v) is 4.97. The highest BCUT2D eigenvalue weighted by molar-refractivity contribution is 9.10. The number of nitrogens with two attached hydrogens (primary N) is 1. The second kappa shape index (κ2) is 4.55. The summed E-state index contributed by atoms with van der Waals surface area (Å²) in [6.45, 7) is 0.706. The third-order valence-electron chi connectivity index (χ3n) is 2.85. The molecule has 1 aromatic rings. The molecule has 0 spiro atoms. The van der Waals surface area contributed by atoms with Crippen LogP contribution >= 0.6 is 15.9 Å². The lowest BCUT2D eigenvalue weighted by atomic mass is 9.78. The van der Waals surface area contributed by atoms with Crippen LogP contribution in [-0.4, -0.2) is 29.2 Å². The minimum Gasteiger partial charge on any atom is -0.480 e. The largest absolute Gasteiger partial charge is 0.480 e. The maximum Gasteiger partial charge on any atom is 0.232 e. The second-order valence-electron chi connectivity index (χ2n) is 4.12. The highest BCUT2D eigenvalue weighted by atomic mass is 79.9. The topological polar surface area (TPSA) is 73.1 Å². The minimum absolute atomic E-state index is 0.0797. The van der Waals surface area contributed by atoms with E-state index in [4.69, 9.17) is 10.5 Å². The van der Waals surface area contributed by atoms with E-state index in [1.165, 1.54) is 6.42 Å². The van der Waals surface area contributed by atoms with Crippen molar-refractivity contribution in [3.63, 3.8) is 0 Å². The van der Waals surface area contributed by atoms with Gasteiger partial charge in [0.2, 0.25) is 11.8 Å². The minimum atomic E-state index is -0.0797. The Morgan fingerprint density at radius 3 is 2.94 bits per heavy atom. The molecule has 1 aromatic heterocycles. The van der Waals surface area contributed by atoms with Crippen LogP contribution in [0, 0.1) is 0 Å². The molecule has 0 unspecified atom stereocenters. The van der Waals surface area contributed by atoms with Gasteiger partial charge in [-0.1, -0.05) is 0 Å². The quantitative estimate of drug-likeness (QED) is 0.878. The van der Waals surface area contributed by atoms with Gasteiger partial charge in [0.05, 0.1) is 17.8 Å². The molecule has 1 fully saturated rings. The number of ether oxygens (including phenoxy) is 1. The molecule has 0 aromatic carbocycles. The third kappa shape index (κ3) is 2.44. The number of anilines is 1. The summed E-state index contributed by atoms with van der Waals surface area (Å²) in [6.07, 6.45) is 5.00. The maximum absolute atomic E-state index is 6.09. The average molecular weight is 287 g/mol. The molecular weight excluding hydrogens is 272 g/mol. The highest BCUT2D eigenvalue weighted by Crippen LogP contribution is 2.29. The molecule has 1 heterocycles. The summed E-state index contributed by atoms with van der Waals surface area (Å²) in [6, 6.07) is 0. The summed E-state index contributed by atoms with van der Waals surface area (Å²) in [5, 5.41) is 3.14. The molecule has 1 aliphatic rings. The molecule has 88 valence electrons. The van der Waals surface area contributed by atoms with Crippen molar-refractivity contribution in [1.29, 1.82) is 0 Å². The number of hydrogen-bond acceptors (Lipinski definition) is 5. The molecule has 0 atom stereocenters. The first-order chi connectivity index (χ1) is 7.63. The van der Waals surface area contributed by atoms with E-state index in [0.29, 0.717) is 18.4 Å². The molecule has 3 N–H and O–H groups in total. The molecule has 0 amide bonds. The van der Waals surface area contributed by atoms with E-state index in [0.717, 1.165) is 17.3 Å². The summed E-state index contributed by atoms with van der Waals surface area (Å²) in [5.74, 6) is 1.08. The van der Waals surface area contributed by atoms with Gasteiger partial charge in [-0.2, -0.15) is 4.98 Å². The SMILES string of the molecule is COc1nc(NCC2(N)CCC2)ncc1Br. The van der Waals surface area contributed by atoms with Crippen LogP contribution in [0.3, 0.4) is 0 Å². The Bertz CT molecular complexity index is 381. The lowest BCUT2D eigenvalue weighted by Crippen LogP contribution is -2.52. The van der Waals surface area contributed by atoms with Gasteiger partial charge >= 0.3 is 0 Å². The lowest BCUT2D eigenvalue weighted by molar-refractivity contribution is 0.265. The van der Waals surface area contributed by atoms with Crippen molar-refractivity contribution >= 4 is 21.9 Å². The molecule has 16 heavy (non-hydrogen) atoms. The number of rotatable bonds is 4. The van der Waals surface area contributed by atoms with Gasteiger partial charge in [-0.25, -0.2) is 4.98 Å². The molecule has 1 aliphatic carbocycles.